The molecule has 0 aliphatic heterocycles. The second-order valence-electron chi connectivity index (χ2n) is 3.89. The second kappa shape index (κ2) is 5.41. The van der Waals surface area contributed by atoms with Gasteiger partial charge in [-0.05, 0) is 24.1 Å². The van der Waals surface area contributed by atoms with Crippen molar-refractivity contribution in [3.05, 3.63) is 30.3 Å². The zero-order valence-electron chi connectivity index (χ0n) is 9.06. The lowest BCUT2D eigenvalue weighted by molar-refractivity contribution is 0.373. The zero-order chi connectivity index (χ0) is 11.3. The lowest BCUT2D eigenvalue weighted by atomic mass is 10.2. The van der Waals surface area contributed by atoms with Crippen LogP contribution in [0.5, 0.6) is 0 Å². The molecule has 0 aliphatic carbocycles. The van der Waals surface area contributed by atoms with Crippen LogP contribution in [0.2, 0.25) is 6.04 Å². The molecule has 0 radical (unpaired) electrons. The van der Waals surface area contributed by atoms with Gasteiger partial charge in [0.25, 0.3) is 0 Å². The maximum atomic E-state index is 9.97. The van der Waals surface area contributed by atoms with E-state index in [1.54, 1.807) is 12.1 Å². The van der Waals surface area contributed by atoms with E-state index in [0.29, 0.717) is 17.7 Å². The van der Waals surface area contributed by atoms with Crippen LogP contribution in [-0.4, -0.2) is 24.2 Å². The fourth-order valence-electron chi connectivity index (χ4n) is 1.44. The summed E-state index contributed by atoms with van der Waals surface area (Å²) in [6.07, 6.45) is 1.55. The highest BCUT2D eigenvalue weighted by molar-refractivity contribution is 6.78. The minimum Gasteiger partial charge on any atom is -0.407 e. The molecule has 15 heavy (non-hydrogen) atoms. The molecule has 0 heterocycles. The molecular formula is C11H19NO2Si. The van der Waals surface area contributed by atoms with E-state index in [1.165, 1.54) is 0 Å². The predicted octanol–water partition coefficient (Wildman–Crippen LogP) is 0.448. The van der Waals surface area contributed by atoms with Gasteiger partial charge in [-0.3, -0.25) is 0 Å². The van der Waals surface area contributed by atoms with Gasteiger partial charge in [0, 0.05) is 6.04 Å². The van der Waals surface area contributed by atoms with Crippen molar-refractivity contribution in [2.75, 3.05) is 0 Å². The van der Waals surface area contributed by atoms with E-state index in [4.69, 9.17) is 5.73 Å². The highest BCUT2D eigenvalue weighted by Gasteiger charge is 2.31. The van der Waals surface area contributed by atoms with Crippen LogP contribution in [0.4, 0.5) is 0 Å². The molecule has 0 fully saturated rings. The third kappa shape index (κ3) is 3.75. The molecule has 1 unspecified atom stereocenters. The first-order chi connectivity index (χ1) is 7.06. The Morgan fingerprint density at radius 2 is 1.87 bits per heavy atom. The summed E-state index contributed by atoms with van der Waals surface area (Å²) in [6, 6.07) is 9.53. The van der Waals surface area contributed by atoms with Gasteiger partial charge >= 0.3 is 8.56 Å². The van der Waals surface area contributed by atoms with Crippen LogP contribution in [0, 0.1) is 0 Å². The second-order valence-corrected chi connectivity index (χ2v) is 6.60. The smallest absolute Gasteiger partial charge is 0.367 e. The Hall–Kier alpha value is -0.683. The number of hydrogen-bond donors (Lipinski definition) is 3. The van der Waals surface area contributed by atoms with Crippen molar-refractivity contribution in [2.24, 2.45) is 5.73 Å². The average Bonchev–Trinajstić information content (AvgIpc) is 2.27. The molecule has 3 nitrogen and oxygen atoms in total. The number of nitrogens with two attached hydrogens (primary N) is 1. The van der Waals surface area contributed by atoms with Gasteiger partial charge in [-0.15, -0.1) is 0 Å². The van der Waals surface area contributed by atoms with E-state index in [1.807, 2.05) is 25.1 Å². The van der Waals surface area contributed by atoms with E-state index in [-0.39, 0.29) is 6.04 Å². The van der Waals surface area contributed by atoms with E-state index in [0.717, 1.165) is 6.42 Å². The fraction of sp³-hybridized carbons (Fsp3) is 0.455. The molecule has 1 rings (SSSR count). The topological polar surface area (TPSA) is 66.5 Å². The third-order valence-electron chi connectivity index (χ3n) is 2.62. The normalized spacial score (nSPS) is 13.9. The molecule has 4 heteroatoms. The van der Waals surface area contributed by atoms with Crippen molar-refractivity contribution >= 4 is 13.7 Å². The Labute approximate surface area is 91.8 Å². The largest absolute Gasteiger partial charge is 0.407 e. The minimum atomic E-state index is -3.24. The van der Waals surface area contributed by atoms with Crippen molar-refractivity contribution in [3.63, 3.8) is 0 Å². The minimum absolute atomic E-state index is 0.0693. The monoisotopic (exact) mass is 225 g/mol. The first kappa shape index (κ1) is 12.4. The summed E-state index contributed by atoms with van der Waals surface area (Å²) in [5.41, 5.74) is 5.76. The van der Waals surface area contributed by atoms with E-state index >= 15 is 0 Å². The average molecular weight is 225 g/mol. The maximum absolute atomic E-state index is 9.97. The summed E-state index contributed by atoms with van der Waals surface area (Å²) in [5.74, 6) is 0. The third-order valence-corrected chi connectivity index (χ3v) is 4.87. The van der Waals surface area contributed by atoms with Gasteiger partial charge in [0.1, 0.15) is 0 Å². The summed E-state index contributed by atoms with van der Waals surface area (Å²) >= 11 is 0. The van der Waals surface area contributed by atoms with Crippen LogP contribution in [-0.2, 0) is 0 Å². The Balaban J connectivity index is 2.59. The Kier molecular flexibility index (Phi) is 4.47. The Bertz CT molecular complexity index is 290. The van der Waals surface area contributed by atoms with Crippen LogP contribution in [0.15, 0.2) is 30.3 Å². The maximum Gasteiger partial charge on any atom is 0.367 e. The fourth-order valence-corrected chi connectivity index (χ4v) is 3.23. The van der Waals surface area contributed by atoms with Crippen molar-refractivity contribution in [3.8, 4) is 0 Å². The van der Waals surface area contributed by atoms with Crippen LogP contribution in [0.25, 0.3) is 0 Å². The summed E-state index contributed by atoms with van der Waals surface area (Å²) < 4.78 is 0. The lowest BCUT2D eigenvalue weighted by Crippen LogP contribution is -2.49. The molecule has 1 atom stereocenters. The number of hydrogen-bond acceptors (Lipinski definition) is 3. The summed E-state index contributed by atoms with van der Waals surface area (Å²) in [4.78, 5) is 19.9. The molecule has 0 saturated heterocycles. The molecule has 0 saturated carbocycles. The summed E-state index contributed by atoms with van der Waals surface area (Å²) in [6.45, 7) is 2.01. The van der Waals surface area contributed by atoms with E-state index in [2.05, 4.69) is 0 Å². The molecule has 0 spiro atoms. The summed E-state index contributed by atoms with van der Waals surface area (Å²) in [7, 11) is -3.24. The van der Waals surface area contributed by atoms with Crippen molar-refractivity contribution in [1.82, 2.24) is 0 Å². The molecular weight excluding hydrogens is 206 g/mol. The highest BCUT2D eigenvalue weighted by atomic mass is 28.4. The van der Waals surface area contributed by atoms with Gasteiger partial charge in [0.15, 0.2) is 0 Å². The van der Waals surface area contributed by atoms with Gasteiger partial charge in [0.2, 0.25) is 0 Å². The summed E-state index contributed by atoms with van der Waals surface area (Å²) in [5, 5.41) is 0.660. The molecule has 0 aliphatic rings. The molecule has 1 aromatic rings. The number of benzene rings is 1. The van der Waals surface area contributed by atoms with Crippen LogP contribution < -0.4 is 10.9 Å². The van der Waals surface area contributed by atoms with Crippen LogP contribution >= 0.6 is 0 Å². The van der Waals surface area contributed by atoms with Gasteiger partial charge in [-0.1, -0.05) is 37.3 Å². The predicted molar refractivity (Wildman–Crippen MR) is 64.0 cm³/mol. The molecule has 1 aromatic carbocycles. The van der Waals surface area contributed by atoms with Gasteiger partial charge in [-0.25, -0.2) is 0 Å². The van der Waals surface area contributed by atoms with Crippen molar-refractivity contribution in [1.29, 1.82) is 0 Å². The quantitative estimate of drug-likeness (QED) is 0.637. The van der Waals surface area contributed by atoms with Crippen molar-refractivity contribution in [2.45, 2.75) is 31.9 Å². The highest BCUT2D eigenvalue weighted by Crippen LogP contribution is 2.09. The standard InChI is InChI=1S/C11H19NO2Si/c1-2-10(12)8-9-15(13,14)11-6-4-3-5-7-11/h3-7,10,13-14H,2,8-9,12H2,1H3. The lowest BCUT2D eigenvalue weighted by Gasteiger charge is -2.19. The first-order valence-electron chi connectivity index (χ1n) is 5.32. The molecule has 0 aromatic heterocycles. The molecule has 0 bridgehead atoms. The molecule has 0 amide bonds. The molecule has 4 N–H and O–H groups in total. The Morgan fingerprint density at radius 3 is 2.40 bits per heavy atom. The zero-order valence-corrected chi connectivity index (χ0v) is 10.1. The van der Waals surface area contributed by atoms with Gasteiger partial charge in [-0.2, -0.15) is 0 Å². The first-order valence-corrected chi connectivity index (χ1v) is 7.42. The molecule has 84 valence electrons. The van der Waals surface area contributed by atoms with E-state index < -0.39 is 8.56 Å². The van der Waals surface area contributed by atoms with Crippen LogP contribution in [0.3, 0.4) is 0 Å². The van der Waals surface area contributed by atoms with Gasteiger partial charge < -0.3 is 15.3 Å². The Morgan fingerprint density at radius 1 is 1.27 bits per heavy atom. The SMILES string of the molecule is CCC(N)CC[Si](O)(O)c1ccccc1. The van der Waals surface area contributed by atoms with Crippen molar-refractivity contribution < 1.29 is 9.59 Å². The van der Waals surface area contributed by atoms with Gasteiger partial charge in [0.05, 0.1) is 0 Å². The van der Waals surface area contributed by atoms with Crippen LogP contribution in [0.1, 0.15) is 19.8 Å². The number of rotatable bonds is 5. The van der Waals surface area contributed by atoms with E-state index in [9.17, 15) is 9.59 Å².